The van der Waals surface area contributed by atoms with Crippen LogP contribution in [0.4, 0.5) is 0 Å². The number of thiophene rings is 1. The predicted molar refractivity (Wildman–Crippen MR) is 112 cm³/mol. The number of carbonyl (C=O) groups is 1. The van der Waals surface area contributed by atoms with Crippen LogP contribution in [0.5, 0.6) is 0 Å². The Kier molecular flexibility index (Phi) is 6.56. The van der Waals surface area contributed by atoms with Crippen molar-refractivity contribution >= 4 is 37.2 Å². The lowest BCUT2D eigenvalue weighted by Crippen LogP contribution is -2.42. The normalized spacial score (nSPS) is 13.8. The summed E-state index contributed by atoms with van der Waals surface area (Å²) in [5.41, 5.74) is 0.977. The standard InChI is InChI=1S/C18H28ClN3O3SSi/c1-11-8-13(10-19)17(26-11)22-12(2)20-21-16(22)14(9-15(23)24)25-27(6,7)18(3,4)5/h8,14H,9-10H2,1-7H3,(H,23,24). The molecule has 0 aliphatic heterocycles. The summed E-state index contributed by atoms with van der Waals surface area (Å²) in [6, 6.07) is 2.04. The molecule has 0 saturated heterocycles. The first-order valence-electron chi connectivity index (χ1n) is 8.84. The van der Waals surface area contributed by atoms with Gasteiger partial charge in [-0.25, -0.2) is 0 Å². The van der Waals surface area contributed by atoms with Gasteiger partial charge >= 0.3 is 5.97 Å². The molecule has 2 rings (SSSR count). The van der Waals surface area contributed by atoms with E-state index >= 15 is 0 Å². The number of halogens is 1. The molecule has 27 heavy (non-hydrogen) atoms. The number of aryl methyl sites for hydroxylation is 2. The number of carboxylic acid groups (broad SMARTS) is 1. The minimum absolute atomic E-state index is 0.0511. The Morgan fingerprint density at radius 1 is 1.37 bits per heavy atom. The van der Waals surface area contributed by atoms with E-state index in [0.29, 0.717) is 17.5 Å². The quantitative estimate of drug-likeness (QED) is 0.482. The summed E-state index contributed by atoms with van der Waals surface area (Å²) in [5, 5.41) is 18.9. The van der Waals surface area contributed by atoms with Crippen LogP contribution in [-0.2, 0) is 15.1 Å². The molecule has 6 nitrogen and oxygen atoms in total. The van der Waals surface area contributed by atoms with Gasteiger partial charge in [-0.2, -0.15) is 0 Å². The summed E-state index contributed by atoms with van der Waals surface area (Å²) in [4.78, 5) is 12.7. The first-order chi connectivity index (χ1) is 12.4. The SMILES string of the molecule is Cc1cc(CCl)c(-n2c(C)nnc2C(CC(=O)O)O[Si](C)(C)C(C)(C)C)s1. The molecule has 0 aliphatic carbocycles. The van der Waals surface area contributed by atoms with Gasteiger partial charge in [0.25, 0.3) is 0 Å². The highest BCUT2D eigenvalue weighted by molar-refractivity contribution is 7.14. The maximum Gasteiger partial charge on any atom is 0.306 e. The van der Waals surface area contributed by atoms with Crippen molar-refractivity contribution in [2.45, 2.75) is 71.2 Å². The second kappa shape index (κ2) is 8.03. The number of hydrogen-bond donors (Lipinski definition) is 1. The van der Waals surface area contributed by atoms with E-state index in [1.165, 1.54) is 0 Å². The van der Waals surface area contributed by atoms with Crippen LogP contribution in [0.3, 0.4) is 0 Å². The molecular weight excluding hydrogens is 402 g/mol. The molecule has 0 aliphatic rings. The highest BCUT2D eigenvalue weighted by Crippen LogP contribution is 2.41. The van der Waals surface area contributed by atoms with Gasteiger partial charge in [0.2, 0.25) is 0 Å². The van der Waals surface area contributed by atoms with Crippen LogP contribution in [0, 0.1) is 13.8 Å². The van der Waals surface area contributed by atoms with Crippen molar-refractivity contribution in [2.75, 3.05) is 0 Å². The third-order valence-electron chi connectivity index (χ3n) is 5.00. The second-order valence-corrected chi connectivity index (χ2v) is 14.5. The zero-order valence-electron chi connectivity index (χ0n) is 17.0. The van der Waals surface area contributed by atoms with Crippen LogP contribution >= 0.6 is 22.9 Å². The molecule has 0 spiro atoms. The molecule has 2 heterocycles. The van der Waals surface area contributed by atoms with E-state index in [0.717, 1.165) is 15.4 Å². The Balaban J connectivity index is 2.56. The number of hydrogen-bond acceptors (Lipinski definition) is 5. The summed E-state index contributed by atoms with van der Waals surface area (Å²) in [7, 11) is -2.22. The lowest BCUT2D eigenvalue weighted by Gasteiger charge is -2.38. The summed E-state index contributed by atoms with van der Waals surface area (Å²) < 4.78 is 8.36. The van der Waals surface area contributed by atoms with Gasteiger partial charge in [0.15, 0.2) is 14.1 Å². The van der Waals surface area contributed by atoms with E-state index in [-0.39, 0.29) is 11.5 Å². The Morgan fingerprint density at radius 2 is 2.00 bits per heavy atom. The first-order valence-corrected chi connectivity index (χ1v) is 13.1. The number of nitrogens with zero attached hydrogens (tertiary/aromatic N) is 3. The zero-order valence-corrected chi connectivity index (χ0v) is 19.5. The first kappa shape index (κ1) is 22.1. The average molecular weight is 430 g/mol. The number of aromatic nitrogens is 3. The van der Waals surface area contributed by atoms with Gasteiger partial charge < -0.3 is 9.53 Å². The van der Waals surface area contributed by atoms with E-state index in [1.807, 2.05) is 24.5 Å². The highest BCUT2D eigenvalue weighted by Gasteiger charge is 2.41. The van der Waals surface area contributed by atoms with Gasteiger partial charge in [0, 0.05) is 10.4 Å². The number of rotatable bonds is 7. The molecule has 1 unspecified atom stereocenters. The average Bonchev–Trinajstić information content (AvgIpc) is 3.06. The van der Waals surface area contributed by atoms with Crippen molar-refractivity contribution in [1.82, 2.24) is 14.8 Å². The van der Waals surface area contributed by atoms with Crippen LogP contribution in [0.1, 0.15) is 55.4 Å². The minimum atomic E-state index is -2.22. The maximum atomic E-state index is 11.6. The zero-order chi connectivity index (χ0) is 20.6. The maximum absolute atomic E-state index is 11.6. The van der Waals surface area contributed by atoms with Crippen molar-refractivity contribution in [3.8, 4) is 5.00 Å². The van der Waals surface area contributed by atoms with Crippen LogP contribution < -0.4 is 0 Å². The van der Waals surface area contributed by atoms with Crippen LogP contribution in [0.15, 0.2) is 6.07 Å². The third kappa shape index (κ3) is 4.79. The Bertz CT molecular complexity index is 826. The van der Waals surface area contributed by atoms with Gasteiger partial charge in [-0.05, 0) is 38.0 Å². The number of carboxylic acids is 1. The second-order valence-electron chi connectivity index (χ2n) is 8.23. The Hall–Kier alpha value is -1.22. The smallest absolute Gasteiger partial charge is 0.306 e. The van der Waals surface area contributed by atoms with Crippen molar-refractivity contribution in [3.63, 3.8) is 0 Å². The predicted octanol–water partition coefficient (Wildman–Crippen LogP) is 5.22. The van der Waals surface area contributed by atoms with Gasteiger partial charge in [0.1, 0.15) is 16.9 Å². The Labute approximate surface area is 170 Å². The van der Waals surface area contributed by atoms with Crippen molar-refractivity contribution in [2.24, 2.45) is 0 Å². The van der Waals surface area contributed by atoms with E-state index < -0.39 is 20.4 Å². The summed E-state index contributed by atoms with van der Waals surface area (Å²) in [6.45, 7) is 14.5. The van der Waals surface area contributed by atoms with Gasteiger partial charge in [-0.1, -0.05) is 20.8 Å². The van der Waals surface area contributed by atoms with Gasteiger partial charge in [-0.3, -0.25) is 9.36 Å². The fourth-order valence-corrected chi connectivity index (χ4v) is 5.18. The third-order valence-corrected chi connectivity index (χ3v) is 10.8. The topological polar surface area (TPSA) is 77.2 Å². The summed E-state index contributed by atoms with van der Waals surface area (Å²) in [5.74, 6) is 0.648. The van der Waals surface area contributed by atoms with Crippen molar-refractivity contribution < 1.29 is 14.3 Å². The Morgan fingerprint density at radius 3 is 2.52 bits per heavy atom. The monoisotopic (exact) mass is 429 g/mol. The molecule has 9 heteroatoms. The van der Waals surface area contributed by atoms with Crippen molar-refractivity contribution in [1.29, 1.82) is 0 Å². The molecule has 1 atom stereocenters. The molecule has 2 aromatic rings. The van der Waals surface area contributed by atoms with E-state index in [4.69, 9.17) is 16.0 Å². The van der Waals surface area contributed by atoms with Crippen LogP contribution in [0.2, 0.25) is 18.1 Å². The number of aliphatic carboxylic acids is 1. The lowest BCUT2D eigenvalue weighted by atomic mass is 10.2. The molecular formula is C18H28ClN3O3SSi. The van der Waals surface area contributed by atoms with Gasteiger partial charge in [-0.15, -0.1) is 33.1 Å². The molecule has 0 amide bonds. The minimum Gasteiger partial charge on any atom is -0.481 e. The highest BCUT2D eigenvalue weighted by atomic mass is 35.5. The van der Waals surface area contributed by atoms with Gasteiger partial charge in [0.05, 0.1) is 12.3 Å². The van der Waals surface area contributed by atoms with E-state index in [9.17, 15) is 9.90 Å². The fraction of sp³-hybridized carbons (Fsp3) is 0.611. The lowest BCUT2D eigenvalue weighted by molar-refractivity contribution is -0.139. The molecule has 0 saturated carbocycles. The molecule has 150 valence electrons. The fourth-order valence-electron chi connectivity index (χ4n) is 2.55. The molecule has 0 fully saturated rings. The van der Waals surface area contributed by atoms with Crippen LogP contribution in [0.25, 0.3) is 5.00 Å². The molecule has 2 aromatic heterocycles. The molecule has 0 aromatic carbocycles. The van der Waals surface area contributed by atoms with Crippen LogP contribution in [-0.4, -0.2) is 34.2 Å². The van der Waals surface area contributed by atoms with E-state index in [1.54, 1.807) is 11.3 Å². The summed E-state index contributed by atoms with van der Waals surface area (Å²) in [6.07, 6.45) is -0.833. The summed E-state index contributed by atoms with van der Waals surface area (Å²) >= 11 is 7.72. The molecule has 0 bridgehead atoms. The molecule has 0 radical (unpaired) electrons. The van der Waals surface area contributed by atoms with E-state index in [2.05, 4.69) is 44.1 Å². The van der Waals surface area contributed by atoms with Crippen molar-refractivity contribution in [3.05, 3.63) is 28.2 Å². The molecule has 1 N–H and O–H groups in total. The largest absolute Gasteiger partial charge is 0.481 e. The number of alkyl halides is 1.